The van der Waals surface area contributed by atoms with Crippen LogP contribution >= 0.6 is 11.3 Å². The van der Waals surface area contributed by atoms with Crippen molar-refractivity contribution in [3.05, 3.63) is 53.6 Å². The van der Waals surface area contributed by atoms with Crippen LogP contribution in [0.15, 0.2) is 42.5 Å². The molecule has 0 spiro atoms. The molecule has 4 rings (SSSR count). The highest BCUT2D eigenvalue weighted by Gasteiger charge is 2.34. The summed E-state index contributed by atoms with van der Waals surface area (Å²) in [5.74, 6) is 0.956. The lowest BCUT2D eigenvalue weighted by Gasteiger charge is -2.37. The molecule has 0 saturated carbocycles. The Kier molecular flexibility index (Phi) is 4.51. The van der Waals surface area contributed by atoms with Crippen molar-refractivity contribution in [2.45, 2.75) is 13.5 Å². The fraction of sp³-hybridized carbons (Fsp3) is 0.300. The number of hydrogen-bond acceptors (Lipinski definition) is 5. The van der Waals surface area contributed by atoms with Crippen molar-refractivity contribution in [2.24, 2.45) is 5.92 Å². The maximum Gasteiger partial charge on any atom is 0.226 e. The Hall–Kier alpha value is -2.60. The molecule has 1 saturated heterocycles. The first-order valence-electron chi connectivity index (χ1n) is 8.65. The number of carbonyl (C=O) groups is 1. The third-order valence-electron chi connectivity index (χ3n) is 4.69. The molecule has 1 aliphatic rings. The van der Waals surface area contributed by atoms with Crippen molar-refractivity contribution in [1.29, 1.82) is 0 Å². The van der Waals surface area contributed by atoms with Gasteiger partial charge in [0, 0.05) is 25.7 Å². The van der Waals surface area contributed by atoms with Crippen molar-refractivity contribution in [3.63, 3.8) is 0 Å². The molecule has 0 bridgehead atoms. The van der Waals surface area contributed by atoms with E-state index in [4.69, 9.17) is 4.74 Å². The number of nitrogens with one attached hydrogen (secondary N) is 1. The molecule has 0 aliphatic carbocycles. The SMILES string of the molecule is COc1ccc2sc(N3CC(C(=O)NCc4ccc(C)cc4)C3)nc2c1. The highest BCUT2D eigenvalue weighted by Crippen LogP contribution is 2.34. The number of aryl methyl sites for hydroxylation is 1. The molecule has 1 amide bonds. The normalized spacial score (nSPS) is 14.3. The van der Waals surface area contributed by atoms with Gasteiger partial charge in [0.25, 0.3) is 0 Å². The van der Waals surface area contributed by atoms with Crippen molar-refractivity contribution in [1.82, 2.24) is 10.3 Å². The lowest BCUT2D eigenvalue weighted by Crippen LogP contribution is -2.53. The third-order valence-corrected chi connectivity index (χ3v) is 5.79. The van der Waals surface area contributed by atoms with Gasteiger partial charge in [-0.25, -0.2) is 4.98 Å². The van der Waals surface area contributed by atoms with Crippen LogP contribution in [-0.4, -0.2) is 31.1 Å². The number of methoxy groups -OCH3 is 1. The summed E-state index contributed by atoms with van der Waals surface area (Å²) >= 11 is 1.65. The summed E-state index contributed by atoms with van der Waals surface area (Å²) in [6.45, 7) is 4.08. The highest BCUT2D eigenvalue weighted by molar-refractivity contribution is 7.22. The second-order valence-corrected chi connectivity index (χ2v) is 7.64. The van der Waals surface area contributed by atoms with E-state index in [2.05, 4.69) is 46.4 Å². The molecule has 1 fully saturated rings. The minimum absolute atomic E-state index is 0.0296. The summed E-state index contributed by atoms with van der Waals surface area (Å²) < 4.78 is 6.38. The summed E-state index contributed by atoms with van der Waals surface area (Å²) in [6, 6.07) is 14.2. The monoisotopic (exact) mass is 367 g/mol. The van der Waals surface area contributed by atoms with Crippen molar-refractivity contribution in [3.8, 4) is 5.75 Å². The topological polar surface area (TPSA) is 54.5 Å². The van der Waals surface area contributed by atoms with Crippen LogP contribution in [0.25, 0.3) is 10.2 Å². The van der Waals surface area contributed by atoms with E-state index < -0.39 is 0 Å². The number of carbonyl (C=O) groups excluding carboxylic acids is 1. The largest absolute Gasteiger partial charge is 0.497 e. The Morgan fingerprint density at radius 2 is 2.04 bits per heavy atom. The van der Waals surface area contributed by atoms with Gasteiger partial charge < -0.3 is 15.0 Å². The van der Waals surface area contributed by atoms with Crippen LogP contribution in [0.4, 0.5) is 5.13 Å². The molecular weight excluding hydrogens is 346 g/mol. The molecule has 5 nitrogen and oxygen atoms in total. The van der Waals surface area contributed by atoms with E-state index in [1.165, 1.54) is 5.56 Å². The van der Waals surface area contributed by atoms with Crippen molar-refractivity contribution in [2.75, 3.05) is 25.1 Å². The molecule has 0 unspecified atom stereocenters. The van der Waals surface area contributed by atoms with Crippen LogP contribution in [-0.2, 0) is 11.3 Å². The number of anilines is 1. The molecule has 0 radical (unpaired) electrons. The molecule has 2 aromatic carbocycles. The van der Waals surface area contributed by atoms with Crippen LogP contribution in [0.3, 0.4) is 0 Å². The van der Waals surface area contributed by atoms with Crippen LogP contribution in [0.5, 0.6) is 5.75 Å². The molecule has 3 aromatic rings. The Morgan fingerprint density at radius 1 is 1.27 bits per heavy atom. The fourth-order valence-corrected chi connectivity index (χ4v) is 3.96. The summed E-state index contributed by atoms with van der Waals surface area (Å²) in [4.78, 5) is 19.2. The number of aromatic nitrogens is 1. The zero-order valence-electron chi connectivity index (χ0n) is 14.9. The number of amides is 1. The van der Waals surface area contributed by atoms with E-state index in [1.807, 2.05) is 18.2 Å². The summed E-state index contributed by atoms with van der Waals surface area (Å²) in [5, 5.41) is 4.00. The maximum atomic E-state index is 12.3. The number of fused-ring (bicyclic) bond motifs is 1. The third kappa shape index (κ3) is 3.37. The van der Waals surface area contributed by atoms with E-state index in [9.17, 15) is 4.79 Å². The Morgan fingerprint density at radius 3 is 2.77 bits per heavy atom. The van der Waals surface area contributed by atoms with Crippen LogP contribution in [0, 0.1) is 12.8 Å². The second kappa shape index (κ2) is 6.96. The van der Waals surface area contributed by atoms with Gasteiger partial charge in [-0.05, 0) is 24.6 Å². The first kappa shape index (κ1) is 16.8. The van der Waals surface area contributed by atoms with Gasteiger partial charge in [-0.3, -0.25) is 4.79 Å². The quantitative estimate of drug-likeness (QED) is 0.751. The van der Waals surface area contributed by atoms with E-state index in [0.29, 0.717) is 6.54 Å². The molecule has 6 heteroatoms. The number of nitrogens with zero attached hydrogens (tertiary/aromatic N) is 2. The predicted octanol–water partition coefficient (Wildman–Crippen LogP) is 3.37. The van der Waals surface area contributed by atoms with E-state index in [-0.39, 0.29) is 11.8 Å². The minimum Gasteiger partial charge on any atom is -0.497 e. The highest BCUT2D eigenvalue weighted by atomic mass is 32.1. The van der Waals surface area contributed by atoms with Crippen LogP contribution in [0.1, 0.15) is 11.1 Å². The summed E-state index contributed by atoms with van der Waals surface area (Å²) in [6.07, 6.45) is 0. The number of ether oxygens (including phenoxy) is 1. The molecular formula is C20H21N3O2S. The summed E-state index contributed by atoms with van der Waals surface area (Å²) in [7, 11) is 1.66. The first-order valence-corrected chi connectivity index (χ1v) is 9.47. The van der Waals surface area contributed by atoms with Gasteiger partial charge in [0.1, 0.15) is 5.75 Å². The average Bonchev–Trinajstić information content (AvgIpc) is 3.02. The molecule has 0 atom stereocenters. The van der Waals surface area contributed by atoms with E-state index in [0.717, 1.165) is 39.8 Å². The number of benzene rings is 2. The first-order chi connectivity index (χ1) is 12.6. The molecule has 1 aromatic heterocycles. The standard InChI is InChI=1S/C20H21N3O2S/c1-13-3-5-14(6-4-13)10-21-19(24)15-11-23(12-15)20-22-17-9-16(25-2)7-8-18(17)26-20/h3-9,15H,10-12H2,1-2H3,(H,21,24). The van der Waals surface area contributed by atoms with Gasteiger partial charge in [-0.1, -0.05) is 41.2 Å². The lowest BCUT2D eigenvalue weighted by atomic mass is 10.00. The molecule has 134 valence electrons. The van der Waals surface area contributed by atoms with Crippen molar-refractivity contribution < 1.29 is 9.53 Å². The molecule has 2 heterocycles. The van der Waals surface area contributed by atoms with Gasteiger partial charge in [0.15, 0.2) is 5.13 Å². The van der Waals surface area contributed by atoms with Gasteiger partial charge in [-0.2, -0.15) is 0 Å². The summed E-state index contributed by atoms with van der Waals surface area (Å²) in [5.41, 5.74) is 3.29. The zero-order valence-corrected chi connectivity index (χ0v) is 15.7. The van der Waals surface area contributed by atoms with Gasteiger partial charge >= 0.3 is 0 Å². The Bertz CT molecular complexity index is 930. The average molecular weight is 367 g/mol. The predicted molar refractivity (Wildman–Crippen MR) is 105 cm³/mol. The Labute approximate surface area is 156 Å². The van der Waals surface area contributed by atoms with Crippen LogP contribution < -0.4 is 15.0 Å². The molecule has 1 aliphatic heterocycles. The maximum absolute atomic E-state index is 12.3. The lowest BCUT2D eigenvalue weighted by molar-refractivity contribution is -0.125. The smallest absolute Gasteiger partial charge is 0.226 e. The molecule has 1 N–H and O–H groups in total. The van der Waals surface area contributed by atoms with Crippen LogP contribution in [0.2, 0.25) is 0 Å². The number of rotatable bonds is 5. The zero-order chi connectivity index (χ0) is 18.1. The second-order valence-electron chi connectivity index (χ2n) is 6.64. The minimum atomic E-state index is 0.0296. The van der Waals surface area contributed by atoms with E-state index >= 15 is 0 Å². The fourth-order valence-electron chi connectivity index (χ4n) is 3.00. The number of thiazole rings is 1. The molecule has 26 heavy (non-hydrogen) atoms. The van der Waals surface area contributed by atoms with Gasteiger partial charge in [0.2, 0.25) is 5.91 Å². The van der Waals surface area contributed by atoms with E-state index in [1.54, 1.807) is 18.4 Å². The van der Waals surface area contributed by atoms with Gasteiger partial charge in [0.05, 0.1) is 23.2 Å². The Balaban J connectivity index is 1.33. The van der Waals surface area contributed by atoms with Crippen molar-refractivity contribution >= 4 is 32.6 Å². The van der Waals surface area contributed by atoms with Gasteiger partial charge in [-0.15, -0.1) is 0 Å². The number of hydrogen-bond donors (Lipinski definition) is 1.